The number of aryl methyl sites for hydroxylation is 1. The molecule has 2 aromatic heterocycles. The Hall–Kier alpha value is -3.65. The number of nitrogens with zero attached hydrogens (tertiary/aromatic N) is 4. The monoisotopic (exact) mass is 433 g/mol. The standard InChI is InChI=1S/C23H23N5O2S/c1-17-5-9-19(10-6-17)24-22(29)16-27-23(31)28(26-13-3-4-14-26)21(25-27)15-18-7-11-20(30-2)12-8-18/h3-14H,15-16H2,1-2H3,(H,24,29). The third-order valence-electron chi connectivity index (χ3n) is 4.85. The van der Waals surface area contributed by atoms with Crippen LogP contribution in [-0.2, 0) is 17.8 Å². The lowest BCUT2D eigenvalue weighted by molar-refractivity contribution is -0.116. The van der Waals surface area contributed by atoms with Crippen molar-refractivity contribution >= 4 is 23.8 Å². The second kappa shape index (κ2) is 9.01. The number of hydrogen-bond acceptors (Lipinski definition) is 4. The molecule has 31 heavy (non-hydrogen) atoms. The van der Waals surface area contributed by atoms with Crippen LogP contribution in [0.3, 0.4) is 0 Å². The van der Waals surface area contributed by atoms with Gasteiger partial charge in [0.2, 0.25) is 10.7 Å². The summed E-state index contributed by atoms with van der Waals surface area (Å²) in [5.41, 5.74) is 2.93. The molecule has 158 valence electrons. The van der Waals surface area contributed by atoms with Gasteiger partial charge in [0.25, 0.3) is 0 Å². The van der Waals surface area contributed by atoms with E-state index in [-0.39, 0.29) is 12.5 Å². The Morgan fingerprint density at radius 2 is 1.74 bits per heavy atom. The summed E-state index contributed by atoms with van der Waals surface area (Å²) in [5, 5.41) is 7.56. The van der Waals surface area contributed by atoms with Crippen molar-refractivity contribution in [2.75, 3.05) is 12.4 Å². The van der Waals surface area contributed by atoms with Gasteiger partial charge in [-0.3, -0.25) is 9.47 Å². The average Bonchev–Trinajstić information content (AvgIpc) is 3.39. The first kappa shape index (κ1) is 20.6. The maximum absolute atomic E-state index is 12.6. The Kier molecular flexibility index (Phi) is 5.99. The van der Waals surface area contributed by atoms with Gasteiger partial charge in [-0.1, -0.05) is 29.8 Å². The fourth-order valence-electron chi connectivity index (χ4n) is 3.25. The van der Waals surface area contributed by atoms with Gasteiger partial charge in [-0.25, -0.2) is 9.36 Å². The van der Waals surface area contributed by atoms with E-state index in [2.05, 4.69) is 10.4 Å². The Balaban J connectivity index is 1.60. The minimum atomic E-state index is -0.187. The molecule has 7 nitrogen and oxygen atoms in total. The van der Waals surface area contributed by atoms with Gasteiger partial charge in [-0.2, -0.15) is 5.10 Å². The van der Waals surface area contributed by atoms with Crippen molar-refractivity contribution in [3.63, 3.8) is 0 Å². The second-order valence-corrected chi connectivity index (χ2v) is 7.54. The third-order valence-corrected chi connectivity index (χ3v) is 5.24. The minimum absolute atomic E-state index is 0.0244. The molecular formula is C23H23N5O2S. The normalized spacial score (nSPS) is 10.8. The van der Waals surface area contributed by atoms with Crippen LogP contribution in [0.2, 0.25) is 0 Å². The van der Waals surface area contributed by atoms with Crippen LogP contribution in [0.25, 0.3) is 0 Å². The van der Waals surface area contributed by atoms with Crippen molar-refractivity contribution in [2.24, 2.45) is 0 Å². The van der Waals surface area contributed by atoms with Crippen LogP contribution < -0.4 is 10.1 Å². The number of hydrogen-bond donors (Lipinski definition) is 1. The van der Waals surface area contributed by atoms with Crippen LogP contribution in [-0.4, -0.2) is 32.1 Å². The van der Waals surface area contributed by atoms with Crippen molar-refractivity contribution in [3.05, 3.63) is 94.8 Å². The van der Waals surface area contributed by atoms with E-state index in [1.807, 2.05) is 89.3 Å². The predicted octanol–water partition coefficient (Wildman–Crippen LogP) is 4.07. The van der Waals surface area contributed by atoms with Crippen LogP contribution in [0.4, 0.5) is 5.69 Å². The molecule has 1 N–H and O–H groups in total. The van der Waals surface area contributed by atoms with Crippen molar-refractivity contribution in [1.29, 1.82) is 0 Å². The van der Waals surface area contributed by atoms with Gasteiger partial charge < -0.3 is 10.1 Å². The summed E-state index contributed by atoms with van der Waals surface area (Å²) in [6, 6.07) is 19.3. The fraction of sp³-hybridized carbons (Fsp3) is 0.174. The molecule has 0 aliphatic carbocycles. The highest BCUT2D eigenvalue weighted by molar-refractivity contribution is 7.71. The number of benzene rings is 2. The number of rotatable bonds is 7. The molecule has 0 radical (unpaired) electrons. The quantitative estimate of drug-likeness (QED) is 0.446. The zero-order valence-electron chi connectivity index (χ0n) is 17.4. The van der Waals surface area contributed by atoms with E-state index >= 15 is 0 Å². The van der Waals surface area contributed by atoms with Crippen molar-refractivity contribution in [2.45, 2.75) is 19.9 Å². The van der Waals surface area contributed by atoms with Gasteiger partial charge in [0, 0.05) is 24.5 Å². The zero-order valence-corrected chi connectivity index (χ0v) is 18.2. The number of anilines is 1. The molecule has 0 spiro atoms. The van der Waals surface area contributed by atoms with Gasteiger partial charge in [0.05, 0.1) is 7.11 Å². The first-order valence-corrected chi connectivity index (χ1v) is 10.3. The van der Waals surface area contributed by atoms with Crippen LogP contribution in [0.5, 0.6) is 5.75 Å². The molecular weight excluding hydrogens is 410 g/mol. The first-order valence-electron chi connectivity index (χ1n) is 9.85. The van der Waals surface area contributed by atoms with Crippen molar-refractivity contribution in [3.8, 4) is 5.75 Å². The Bertz CT molecular complexity index is 1220. The molecule has 0 aliphatic rings. The number of methoxy groups -OCH3 is 1. The Morgan fingerprint density at radius 1 is 1.06 bits per heavy atom. The van der Waals surface area contributed by atoms with E-state index in [0.29, 0.717) is 11.2 Å². The van der Waals surface area contributed by atoms with Crippen LogP contribution in [0.15, 0.2) is 73.1 Å². The number of amides is 1. The molecule has 4 aromatic rings. The topological polar surface area (TPSA) is 66.0 Å². The molecule has 8 heteroatoms. The van der Waals surface area contributed by atoms with Gasteiger partial charge in [-0.05, 0) is 61.1 Å². The molecule has 0 saturated carbocycles. The molecule has 2 heterocycles. The van der Waals surface area contributed by atoms with E-state index in [1.54, 1.807) is 11.8 Å². The summed E-state index contributed by atoms with van der Waals surface area (Å²) in [4.78, 5) is 12.6. The first-order chi connectivity index (χ1) is 15.0. The Labute approximate surface area is 185 Å². The summed E-state index contributed by atoms with van der Waals surface area (Å²) >= 11 is 5.66. The molecule has 0 saturated heterocycles. The van der Waals surface area contributed by atoms with Gasteiger partial charge >= 0.3 is 0 Å². The lowest BCUT2D eigenvalue weighted by atomic mass is 10.1. The zero-order chi connectivity index (χ0) is 21.8. The van der Waals surface area contributed by atoms with Gasteiger partial charge in [-0.15, -0.1) is 0 Å². The molecule has 0 unspecified atom stereocenters. The summed E-state index contributed by atoms with van der Waals surface area (Å²) in [7, 11) is 1.64. The maximum atomic E-state index is 12.6. The van der Waals surface area contributed by atoms with Crippen molar-refractivity contribution < 1.29 is 9.53 Å². The van der Waals surface area contributed by atoms with Crippen LogP contribution in [0, 0.1) is 11.7 Å². The number of aromatic nitrogens is 4. The fourth-order valence-corrected chi connectivity index (χ4v) is 3.55. The van der Waals surface area contributed by atoms with Crippen molar-refractivity contribution in [1.82, 2.24) is 19.1 Å². The number of carbonyl (C=O) groups is 1. The van der Waals surface area contributed by atoms with Gasteiger partial charge in [0.15, 0.2) is 5.82 Å². The molecule has 2 aromatic carbocycles. The number of nitrogens with one attached hydrogen (secondary N) is 1. The molecule has 0 aliphatic heterocycles. The predicted molar refractivity (Wildman–Crippen MR) is 122 cm³/mol. The average molecular weight is 434 g/mol. The van der Waals surface area contributed by atoms with E-state index in [9.17, 15) is 4.79 Å². The molecule has 1 amide bonds. The molecule has 4 rings (SSSR count). The van der Waals surface area contributed by atoms with E-state index < -0.39 is 0 Å². The summed E-state index contributed by atoms with van der Waals surface area (Å²) < 4.78 is 10.9. The Morgan fingerprint density at radius 3 is 2.39 bits per heavy atom. The third kappa shape index (κ3) is 4.75. The molecule has 0 fully saturated rings. The highest BCUT2D eigenvalue weighted by Gasteiger charge is 2.15. The minimum Gasteiger partial charge on any atom is -0.497 e. The lowest BCUT2D eigenvalue weighted by Gasteiger charge is -2.08. The van der Waals surface area contributed by atoms with Gasteiger partial charge in [0.1, 0.15) is 12.3 Å². The summed E-state index contributed by atoms with van der Waals surface area (Å²) in [6.45, 7) is 2.03. The van der Waals surface area contributed by atoms with Crippen LogP contribution in [0.1, 0.15) is 17.0 Å². The summed E-state index contributed by atoms with van der Waals surface area (Å²) in [5.74, 6) is 1.34. The molecule has 0 atom stereocenters. The molecule has 0 bridgehead atoms. The van der Waals surface area contributed by atoms with Crippen LogP contribution >= 0.6 is 12.2 Å². The van der Waals surface area contributed by atoms with E-state index in [4.69, 9.17) is 17.0 Å². The lowest BCUT2D eigenvalue weighted by Crippen LogP contribution is -2.20. The SMILES string of the molecule is COc1ccc(Cc2nn(CC(=O)Nc3ccc(C)cc3)c(=S)n2-n2cccc2)cc1. The summed E-state index contributed by atoms with van der Waals surface area (Å²) in [6.07, 6.45) is 4.34. The number of carbonyl (C=O) groups excluding carboxylic acids is 1. The largest absolute Gasteiger partial charge is 0.497 e. The van der Waals surface area contributed by atoms with E-state index in [0.717, 1.165) is 28.4 Å². The van der Waals surface area contributed by atoms with E-state index in [1.165, 1.54) is 0 Å². The highest BCUT2D eigenvalue weighted by atomic mass is 32.1. The second-order valence-electron chi connectivity index (χ2n) is 7.17. The number of ether oxygens (including phenoxy) is 1. The smallest absolute Gasteiger partial charge is 0.246 e. The highest BCUT2D eigenvalue weighted by Crippen LogP contribution is 2.16. The maximum Gasteiger partial charge on any atom is 0.246 e.